The van der Waals surface area contributed by atoms with Crippen LogP contribution in [0.1, 0.15) is 24.7 Å². The molecule has 0 saturated carbocycles. The van der Waals surface area contributed by atoms with Gasteiger partial charge in [-0.1, -0.05) is 151 Å². The maximum atomic E-state index is 9.13. The fraction of sp³-hybridized carbons (Fsp3) is 0. The average Bonchev–Trinajstić information content (AvgIpc) is 3.97. The maximum Gasteiger partial charge on any atom is 0.166 e. The molecule has 0 radical (unpaired) electrons. The van der Waals surface area contributed by atoms with Crippen molar-refractivity contribution in [1.82, 2.24) is 19.5 Å². The summed E-state index contributed by atoms with van der Waals surface area (Å²) in [5, 5.41) is 1.34. The number of rotatable bonds is 6. The molecule has 0 unspecified atom stereocenters. The molecule has 3 aromatic heterocycles. The molecule has 0 saturated heterocycles. The van der Waals surface area contributed by atoms with Crippen LogP contribution in [0.2, 0.25) is 0 Å². The third-order valence-electron chi connectivity index (χ3n) is 9.49. The van der Waals surface area contributed by atoms with Gasteiger partial charge < -0.3 is 4.57 Å². The molecule has 3 heterocycles. The fourth-order valence-corrected chi connectivity index (χ4v) is 8.24. The minimum Gasteiger partial charge on any atom is -0.309 e. The molecule has 0 aliphatic rings. The molecule has 8 aromatic carbocycles. The average molecular weight is 751 g/mol. The van der Waals surface area contributed by atoms with E-state index in [1.165, 1.54) is 15.9 Å². The first-order chi connectivity index (χ1) is 35.2. The number of thiophene rings is 1. The summed E-state index contributed by atoms with van der Waals surface area (Å²) < 4.78 is 159. The lowest BCUT2D eigenvalue weighted by molar-refractivity contribution is 1.06. The Labute approximate surface area is 353 Å². The Hall–Kier alpha value is -7.21. The molecule has 0 spiro atoms. The molecule has 0 aliphatic carbocycles. The van der Waals surface area contributed by atoms with Gasteiger partial charge >= 0.3 is 0 Å². The summed E-state index contributed by atoms with van der Waals surface area (Å²) in [5.74, 6) is -0.447. The fourth-order valence-electron chi connectivity index (χ4n) is 7.02. The Bertz CT molecular complexity index is 4190. The van der Waals surface area contributed by atoms with E-state index in [4.69, 9.17) is 39.6 Å². The smallest absolute Gasteiger partial charge is 0.166 e. The molecular weight excluding hydrogens is 701 g/mol. The van der Waals surface area contributed by atoms with Crippen molar-refractivity contribution in [3.8, 4) is 62.1 Å². The number of fused-ring (bicyclic) bond motifs is 6. The third kappa shape index (κ3) is 5.40. The van der Waals surface area contributed by atoms with Crippen LogP contribution in [0.25, 0.3) is 104 Å². The van der Waals surface area contributed by atoms with Gasteiger partial charge in [0, 0.05) is 47.6 Å². The Kier molecular flexibility index (Phi) is 4.48. The van der Waals surface area contributed by atoms with Crippen LogP contribution in [0, 0.1) is 0 Å². The number of para-hydroxylation sites is 3. The molecule has 0 N–H and O–H groups in total. The number of benzene rings is 8. The summed E-state index contributed by atoms with van der Waals surface area (Å²) in [6.45, 7) is 0. The van der Waals surface area contributed by atoms with Gasteiger partial charge in [-0.25, -0.2) is 15.0 Å². The van der Waals surface area contributed by atoms with Crippen LogP contribution in [0.4, 0.5) is 0 Å². The van der Waals surface area contributed by atoms with Gasteiger partial charge in [0.2, 0.25) is 0 Å². The van der Waals surface area contributed by atoms with Gasteiger partial charge in [0.1, 0.15) is 0 Å². The van der Waals surface area contributed by atoms with Crippen LogP contribution >= 0.6 is 11.3 Å². The third-order valence-corrected chi connectivity index (χ3v) is 10.7. The second-order valence-electron chi connectivity index (χ2n) is 12.7. The molecule has 11 aromatic rings. The molecule has 5 heteroatoms. The molecule has 0 aliphatic heterocycles. The first-order valence-electron chi connectivity index (χ1n) is 26.3. The van der Waals surface area contributed by atoms with Gasteiger partial charge in [-0.15, -0.1) is 11.3 Å². The molecule has 11 rings (SSSR count). The molecule has 0 amide bonds. The Morgan fingerprint density at radius 1 is 0.411 bits per heavy atom. The van der Waals surface area contributed by atoms with Crippen molar-refractivity contribution in [3.63, 3.8) is 0 Å². The van der Waals surface area contributed by atoms with Gasteiger partial charge in [-0.3, -0.25) is 0 Å². The lowest BCUT2D eigenvalue weighted by Gasteiger charge is -2.14. The predicted octanol–water partition coefficient (Wildman–Crippen LogP) is 13.7. The minimum absolute atomic E-state index is 0.00806. The number of hydrogen-bond acceptors (Lipinski definition) is 4. The number of hydrogen-bond donors (Lipinski definition) is 0. The number of nitrogens with zero attached hydrogens (tertiary/aromatic N) is 4. The van der Waals surface area contributed by atoms with E-state index in [-0.39, 0.29) is 73.7 Å². The molecular formula is C51H32N4S. The topological polar surface area (TPSA) is 43.6 Å². The summed E-state index contributed by atoms with van der Waals surface area (Å²) in [5.41, 5.74) is 2.05. The molecule has 56 heavy (non-hydrogen) atoms. The van der Waals surface area contributed by atoms with E-state index in [1.807, 2.05) is 42.5 Å². The highest BCUT2D eigenvalue weighted by molar-refractivity contribution is 7.26. The largest absolute Gasteiger partial charge is 0.309 e. The van der Waals surface area contributed by atoms with Crippen molar-refractivity contribution in [2.24, 2.45) is 0 Å². The van der Waals surface area contributed by atoms with Gasteiger partial charge in [-0.05, 0) is 64.7 Å². The standard InChI is InChI=1S/C51H32N4S/c1-3-15-33(16-4-1)35-29-30-47-43(32-35)41-25-14-24-38(48(41)56-47)36-19-13-20-37(31-36)50-52-49(34-17-5-2-6-18-34)53-51(54-50)42-23-9-12-28-46(42)55-44-26-10-7-21-39(44)40-22-8-11-27-45(40)55/h1-32H/i1D,2D,3D,4D,5D,6D,7D,8D,10D,11D,15D,16D,17D,18D,21D,22D,26D,27D. The second-order valence-corrected chi connectivity index (χ2v) is 13.7. The highest BCUT2D eigenvalue weighted by Crippen LogP contribution is 2.42. The van der Waals surface area contributed by atoms with E-state index >= 15 is 0 Å². The molecule has 0 bridgehead atoms. The molecule has 0 atom stereocenters. The van der Waals surface area contributed by atoms with Crippen LogP contribution in [0.3, 0.4) is 0 Å². The van der Waals surface area contributed by atoms with Gasteiger partial charge in [0.25, 0.3) is 0 Å². The minimum atomic E-state index is -0.641. The van der Waals surface area contributed by atoms with E-state index in [0.717, 1.165) is 25.7 Å². The summed E-state index contributed by atoms with van der Waals surface area (Å²) >= 11 is 1.49. The summed E-state index contributed by atoms with van der Waals surface area (Å²) in [7, 11) is 0. The van der Waals surface area contributed by atoms with Crippen molar-refractivity contribution < 1.29 is 24.7 Å². The van der Waals surface area contributed by atoms with E-state index in [2.05, 4.69) is 0 Å². The molecule has 4 nitrogen and oxygen atoms in total. The Balaban J connectivity index is 1.15. The SMILES string of the molecule is [2H]c1c([2H])c([2H])c(-c2ccc3sc4c(-c5cccc(-c6nc(-c7ccccc7-n7c8c([2H])c([2H])c([2H])c([2H])c8c8c([2H])c([2H])c([2H])c([2H])c87)nc(-c7c([2H])c([2H])c([2H])c([2H])c7[2H])n6)c5)cccc4c3c2)c([2H])c1[2H]. The quantitative estimate of drug-likeness (QED) is 0.170. The highest BCUT2D eigenvalue weighted by atomic mass is 32.1. The summed E-state index contributed by atoms with van der Waals surface area (Å²) in [6.07, 6.45) is 0. The zero-order chi connectivity index (χ0) is 52.7. The number of aromatic nitrogens is 4. The maximum absolute atomic E-state index is 9.13. The lowest BCUT2D eigenvalue weighted by Crippen LogP contribution is -2.03. The van der Waals surface area contributed by atoms with Gasteiger partial charge in [0.15, 0.2) is 17.5 Å². The molecule has 0 fully saturated rings. The first kappa shape index (κ1) is 18.9. The van der Waals surface area contributed by atoms with Crippen molar-refractivity contribution in [3.05, 3.63) is 194 Å². The lowest BCUT2D eigenvalue weighted by atomic mass is 9.99. The van der Waals surface area contributed by atoms with Crippen molar-refractivity contribution >= 4 is 53.3 Å². The van der Waals surface area contributed by atoms with E-state index < -0.39 is 96.7 Å². The Morgan fingerprint density at radius 2 is 1.02 bits per heavy atom. The van der Waals surface area contributed by atoms with E-state index in [1.54, 1.807) is 42.5 Å². The predicted molar refractivity (Wildman–Crippen MR) is 234 cm³/mol. The second kappa shape index (κ2) is 13.3. The van der Waals surface area contributed by atoms with Crippen LogP contribution in [0.15, 0.2) is 194 Å². The first-order valence-corrected chi connectivity index (χ1v) is 18.1. The molecule has 262 valence electrons. The van der Waals surface area contributed by atoms with Crippen LogP contribution < -0.4 is 0 Å². The van der Waals surface area contributed by atoms with Gasteiger partial charge in [0.05, 0.1) is 41.4 Å². The monoisotopic (exact) mass is 750 g/mol. The Morgan fingerprint density at radius 3 is 1.79 bits per heavy atom. The van der Waals surface area contributed by atoms with Crippen molar-refractivity contribution in [2.45, 2.75) is 0 Å². The van der Waals surface area contributed by atoms with Gasteiger partial charge in [-0.2, -0.15) is 0 Å². The van der Waals surface area contributed by atoms with Crippen molar-refractivity contribution in [2.75, 3.05) is 0 Å². The van der Waals surface area contributed by atoms with Crippen LogP contribution in [-0.4, -0.2) is 19.5 Å². The summed E-state index contributed by atoms with van der Waals surface area (Å²) in [4.78, 5) is 14.4. The normalized spacial score (nSPS) is 16.1. The van der Waals surface area contributed by atoms with E-state index in [0.29, 0.717) is 16.7 Å². The van der Waals surface area contributed by atoms with Crippen molar-refractivity contribution in [1.29, 1.82) is 0 Å². The van der Waals surface area contributed by atoms with Crippen LogP contribution in [0.5, 0.6) is 0 Å². The zero-order valence-corrected chi connectivity index (χ0v) is 29.6. The van der Waals surface area contributed by atoms with E-state index in [9.17, 15) is 0 Å². The summed E-state index contributed by atoms with van der Waals surface area (Å²) in [6, 6.07) is 15.0. The van der Waals surface area contributed by atoms with Crippen LogP contribution in [-0.2, 0) is 0 Å². The zero-order valence-electron chi connectivity index (χ0n) is 46.8. The highest BCUT2D eigenvalue weighted by Gasteiger charge is 2.19.